The van der Waals surface area contributed by atoms with Crippen molar-refractivity contribution < 1.29 is 0 Å². The first-order valence-corrected chi connectivity index (χ1v) is 5.89. The van der Waals surface area contributed by atoms with E-state index in [1.54, 1.807) is 0 Å². The van der Waals surface area contributed by atoms with Crippen molar-refractivity contribution in [2.75, 3.05) is 20.1 Å². The number of rotatable bonds is 0. The lowest BCUT2D eigenvalue weighted by Crippen LogP contribution is -2.20. The zero-order valence-electron chi connectivity index (χ0n) is 9.88. The van der Waals surface area contributed by atoms with Gasteiger partial charge in [-0.25, -0.2) is 4.98 Å². The molecule has 0 saturated carbocycles. The van der Waals surface area contributed by atoms with Crippen molar-refractivity contribution in [1.82, 2.24) is 14.9 Å². The molecule has 1 aromatic heterocycles. The first kappa shape index (κ1) is 9.85. The third kappa shape index (κ3) is 1.61. The average molecular weight is 215 g/mol. The summed E-state index contributed by atoms with van der Waals surface area (Å²) in [5.74, 6) is 1.01. The van der Waals surface area contributed by atoms with Crippen LogP contribution in [0, 0.1) is 6.92 Å². The van der Waals surface area contributed by atoms with Gasteiger partial charge in [-0.1, -0.05) is 0 Å². The van der Waals surface area contributed by atoms with Crippen molar-refractivity contribution in [3.05, 3.63) is 29.1 Å². The zero-order chi connectivity index (χ0) is 11.1. The lowest BCUT2D eigenvalue weighted by atomic mass is 10.0. The Morgan fingerprint density at radius 3 is 2.62 bits per heavy atom. The molecule has 0 aliphatic carbocycles. The van der Waals surface area contributed by atoms with Gasteiger partial charge in [0, 0.05) is 13.1 Å². The van der Waals surface area contributed by atoms with Crippen LogP contribution in [-0.2, 0) is 12.8 Å². The van der Waals surface area contributed by atoms with Crippen LogP contribution in [0.3, 0.4) is 0 Å². The largest absolute Gasteiger partial charge is 0.342 e. The number of likely N-dealkylation sites (N-methyl/N-ethyl adjacent to an activating group) is 1. The number of aromatic amines is 1. The predicted molar refractivity (Wildman–Crippen MR) is 65.7 cm³/mol. The molecule has 3 heteroatoms. The Morgan fingerprint density at radius 1 is 1.19 bits per heavy atom. The molecule has 1 aromatic carbocycles. The Labute approximate surface area is 95.5 Å². The minimum absolute atomic E-state index is 1.01. The summed E-state index contributed by atoms with van der Waals surface area (Å²) < 4.78 is 0. The summed E-state index contributed by atoms with van der Waals surface area (Å²) in [5.41, 5.74) is 5.26. The van der Waals surface area contributed by atoms with Crippen LogP contribution in [0.4, 0.5) is 0 Å². The van der Waals surface area contributed by atoms with Gasteiger partial charge in [0.05, 0.1) is 11.0 Å². The number of aryl methyl sites for hydroxylation is 1. The van der Waals surface area contributed by atoms with Crippen molar-refractivity contribution in [2.24, 2.45) is 0 Å². The standard InChI is InChI=1S/C13H17N3/c1-9-14-12-7-10-3-5-16(2)6-4-11(10)8-13(12)15-9/h7-8H,3-6H2,1-2H3,(H,14,15). The van der Waals surface area contributed by atoms with E-state index in [1.165, 1.54) is 16.6 Å². The highest BCUT2D eigenvalue weighted by Crippen LogP contribution is 2.21. The van der Waals surface area contributed by atoms with E-state index in [2.05, 4.69) is 34.0 Å². The van der Waals surface area contributed by atoms with Gasteiger partial charge in [-0.05, 0) is 50.1 Å². The highest BCUT2D eigenvalue weighted by Gasteiger charge is 2.13. The maximum atomic E-state index is 4.50. The number of aromatic nitrogens is 2. The highest BCUT2D eigenvalue weighted by atomic mass is 15.1. The van der Waals surface area contributed by atoms with E-state index in [1.807, 2.05) is 6.92 Å². The van der Waals surface area contributed by atoms with E-state index >= 15 is 0 Å². The number of fused-ring (bicyclic) bond motifs is 2. The van der Waals surface area contributed by atoms with E-state index in [0.717, 1.165) is 37.3 Å². The maximum Gasteiger partial charge on any atom is 0.104 e. The van der Waals surface area contributed by atoms with Crippen molar-refractivity contribution in [1.29, 1.82) is 0 Å². The molecule has 0 unspecified atom stereocenters. The van der Waals surface area contributed by atoms with Crippen LogP contribution in [0.1, 0.15) is 17.0 Å². The number of benzene rings is 1. The number of nitrogens with one attached hydrogen (secondary N) is 1. The van der Waals surface area contributed by atoms with Crippen LogP contribution in [0.5, 0.6) is 0 Å². The molecule has 1 aliphatic rings. The van der Waals surface area contributed by atoms with E-state index < -0.39 is 0 Å². The second kappa shape index (κ2) is 3.59. The summed E-state index contributed by atoms with van der Waals surface area (Å²) in [4.78, 5) is 10.2. The van der Waals surface area contributed by atoms with Gasteiger partial charge in [0.2, 0.25) is 0 Å². The molecule has 3 nitrogen and oxygen atoms in total. The molecule has 2 heterocycles. The summed E-state index contributed by atoms with van der Waals surface area (Å²) in [6.45, 7) is 4.33. The topological polar surface area (TPSA) is 31.9 Å². The molecule has 0 radical (unpaired) electrons. The van der Waals surface area contributed by atoms with E-state index in [9.17, 15) is 0 Å². The molecule has 0 atom stereocenters. The Morgan fingerprint density at radius 2 is 1.88 bits per heavy atom. The fourth-order valence-corrected chi connectivity index (χ4v) is 2.47. The predicted octanol–water partition coefficient (Wildman–Crippen LogP) is 1.90. The van der Waals surface area contributed by atoms with Crippen LogP contribution < -0.4 is 0 Å². The van der Waals surface area contributed by atoms with Gasteiger partial charge in [-0.2, -0.15) is 0 Å². The van der Waals surface area contributed by atoms with Crippen molar-refractivity contribution >= 4 is 11.0 Å². The molecule has 0 saturated heterocycles. The highest BCUT2D eigenvalue weighted by molar-refractivity contribution is 5.77. The van der Waals surface area contributed by atoms with Crippen LogP contribution >= 0.6 is 0 Å². The summed E-state index contributed by atoms with van der Waals surface area (Å²) >= 11 is 0. The Balaban J connectivity index is 2.11. The van der Waals surface area contributed by atoms with Gasteiger partial charge in [0.15, 0.2) is 0 Å². The van der Waals surface area contributed by atoms with Crippen molar-refractivity contribution in [3.8, 4) is 0 Å². The van der Waals surface area contributed by atoms with E-state index in [-0.39, 0.29) is 0 Å². The molecular weight excluding hydrogens is 198 g/mol. The second-order valence-electron chi connectivity index (χ2n) is 4.76. The molecule has 3 rings (SSSR count). The van der Waals surface area contributed by atoms with Gasteiger partial charge in [0.25, 0.3) is 0 Å². The summed E-state index contributed by atoms with van der Waals surface area (Å²) in [6.07, 6.45) is 2.30. The first-order chi connectivity index (χ1) is 7.72. The monoisotopic (exact) mass is 215 g/mol. The Kier molecular flexibility index (Phi) is 2.21. The molecule has 1 aliphatic heterocycles. The third-order valence-corrected chi connectivity index (χ3v) is 3.45. The number of hydrogen-bond acceptors (Lipinski definition) is 2. The number of imidazole rings is 1. The van der Waals surface area contributed by atoms with Gasteiger partial charge in [-0.3, -0.25) is 0 Å². The van der Waals surface area contributed by atoms with Crippen LogP contribution in [0.25, 0.3) is 11.0 Å². The zero-order valence-corrected chi connectivity index (χ0v) is 9.88. The number of hydrogen-bond donors (Lipinski definition) is 1. The number of nitrogens with zero attached hydrogens (tertiary/aromatic N) is 2. The summed E-state index contributed by atoms with van der Waals surface area (Å²) in [7, 11) is 2.19. The Bertz CT molecular complexity index is 482. The molecular formula is C13H17N3. The summed E-state index contributed by atoms with van der Waals surface area (Å²) in [5, 5.41) is 0. The quantitative estimate of drug-likeness (QED) is 0.728. The Hall–Kier alpha value is -1.35. The van der Waals surface area contributed by atoms with Gasteiger partial charge >= 0.3 is 0 Å². The van der Waals surface area contributed by atoms with Crippen LogP contribution in [0.15, 0.2) is 12.1 Å². The molecule has 16 heavy (non-hydrogen) atoms. The fourth-order valence-electron chi connectivity index (χ4n) is 2.47. The SMILES string of the molecule is Cc1nc2cc3c(cc2[nH]1)CCN(C)CC3. The average Bonchev–Trinajstić information content (AvgIpc) is 2.51. The van der Waals surface area contributed by atoms with E-state index in [4.69, 9.17) is 0 Å². The van der Waals surface area contributed by atoms with E-state index in [0.29, 0.717) is 0 Å². The normalized spacial score (nSPS) is 17.4. The minimum Gasteiger partial charge on any atom is -0.342 e. The fraction of sp³-hybridized carbons (Fsp3) is 0.462. The van der Waals surface area contributed by atoms with Gasteiger partial charge in [-0.15, -0.1) is 0 Å². The number of H-pyrrole nitrogens is 1. The van der Waals surface area contributed by atoms with Crippen LogP contribution in [-0.4, -0.2) is 35.0 Å². The molecule has 0 fully saturated rings. The first-order valence-electron chi connectivity index (χ1n) is 5.89. The molecule has 0 spiro atoms. The second-order valence-corrected chi connectivity index (χ2v) is 4.76. The molecule has 2 aromatic rings. The lowest BCUT2D eigenvalue weighted by Gasteiger charge is -2.10. The molecule has 84 valence electrons. The molecule has 0 amide bonds. The minimum atomic E-state index is 1.01. The van der Waals surface area contributed by atoms with Crippen molar-refractivity contribution in [3.63, 3.8) is 0 Å². The smallest absolute Gasteiger partial charge is 0.104 e. The molecule has 1 N–H and O–H groups in total. The van der Waals surface area contributed by atoms with Crippen molar-refractivity contribution in [2.45, 2.75) is 19.8 Å². The van der Waals surface area contributed by atoms with Gasteiger partial charge < -0.3 is 9.88 Å². The third-order valence-electron chi connectivity index (χ3n) is 3.45. The summed E-state index contributed by atoms with van der Waals surface area (Å²) in [6, 6.07) is 4.54. The maximum absolute atomic E-state index is 4.50. The van der Waals surface area contributed by atoms with Gasteiger partial charge in [0.1, 0.15) is 5.82 Å². The molecule has 0 bridgehead atoms. The lowest BCUT2D eigenvalue weighted by molar-refractivity contribution is 0.352. The van der Waals surface area contributed by atoms with Crippen LogP contribution in [0.2, 0.25) is 0 Å².